The third-order valence-electron chi connectivity index (χ3n) is 3.79. The Morgan fingerprint density at radius 3 is 2.45 bits per heavy atom. The molecule has 0 spiro atoms. The van der Waals surface area contributed by atoms with Crippen molar-refractivity contribution in [1.29, 1.82) is 0 Å². The Hall–Kier alpha value is -1.61. The van der Waals surface area contributed by atoms with E-state index in [2.05, 4.69) is 69.1 Å². The second-order valence-electron chi connectivity index (χ2n) is 6.61. The Labute approximate surface area is 121 Å². The lowest BCUT2D eigenvalue weighted by Gasteiger charge is -2.17. The number of aryl methyl sites for hydroxylation is 2. The Bertz CT molecular complexity index is 591. The standard InChI is InChI=1S/C17H25N3/c1-11-6-7-12(2)13(8-11)14(10-18)15-9-16(20-19-15)17(3,4)5/h6-9,14H,10,18H2,1-5H3,(H,19,20). The summed E-state index contributed by atoms with van der Waals surface area (Å²) in [4.78, 5) is 0. The molecule has 3 nitrogen and oxygen atoms in total. The first-order chi connectivity index (χ1) is 9.32. The van der Waals surface area contributed by atoms with Gasteiger partial charge in [-0.05, 0) is 31.0 Å². The molecule has 20 heavy (non-hydrogen) atoms. The van der Waals surface area contributed by atoms with Crippen molar-refractivity contribution in [2.45, 2.75) is 46.0 Å². The fraction of sp³-hybridized carbons (Fsp3) is 0.471. The van der Waals surface area contributed by atoms with Crippen LogP contribution in [0.25, 0.3) is 0 Å². The van der Waals surface area contributed by atoms with E-state index in [0.717, 1.165) is 11.4 Å². The highest BCUT2D eigenvalue weighted by molar-refractivity contribution is 5.38. The van der Waals surface area contributed by atoms with Gasteiger partial charge in [-0.3, -0.25) is 5.10 Å². The first-order valence-corrected chi connectivity index (χ1v) is 7.16. The van der Waals surface area contributed by atoms with Crippen LogP contribution >= 0.6 is 0 Å². The molecule has 0 amide bonds. The molecule has 0 aliphatic rings. The second kappa shape index (κ2) is 5.41. The van der Waals surface area contributed by atoms with Gasteiger partial charge in [0.15, 0.2) is 0 Å². The van der Waals surface area contributed by atoms with Gasteiger partial charge in [0.2, 0.25) is 0 Å². The van der Waals surface area contributed by atoms with E-state index in [0.29, 0.717) is 6.54 Å². The molecule has 0 radical (unpaired) electrons. The Morgan fingerprint density at radius 1 is 1.20 bits per heavy atom. The molecular formula is C17H25N3. The quantitative estimate of drug-likeness (QED) is 0.898. The van der Waals surface area contributed by atoms with Gasteiger partial charge >= 0.3 is 0 Å². The van der Waals surface area contributed by atoms with Gasteiger partial charge in [-0.2, -0.15) is 5.10 Å². The maximum atomic E-state index is 6.03. The number of aromatic amines is 1. The average Bonchev–Trinajstić information content (AvgIpc) is 2.84. The minimum Gasteiger partial charge on any atom is -0.329 e. The van der Waals surface area contributed by atoms with Gasteiger partial charge in [0.1, 0.15) is 0 Å². The van der Waals surface area contributed by atoms with Gasteiger partial charge in [0.25, 0.3) is 0 Å². The van der Waals surface area contributed by atoms with Crippen LogP contribution < -0.4 is 5.73 Å². The third kappa shape index (κ3) is 2.93. The summed E-state index contributed by atoms with van der Waals surface area (Å²) >= 11 is 0. The summed E-state index contributed by atoms with van der Waals surface area (Å²) in [6.07, 6.45) is 0. The van der Waals surface area contributed by atoms with Crippen molar-refractivity contribution in [3.63, 3.8) is 0 Å². The van der Waals surface area contributed by atoms with Gasteiger partial charge < -0.3 is 5.73 Å². The van der Waals surface area contributed by atoms with Crippen LogP contribution in [0.2, 0.25) is 0 Å². The van der Waals surface area contributed by atoms with E-state index in [-0.39, 0.29) is 11.3 Å². The van der Waals surface area contributed by atoms with Crippen molar-refractivity contribution in [3.05, 3.63) is 52.3 Å². The monoisotopic (exact) mass is 271 g/mol. The van der Waals surface area contributed by atoms with Crippen LogP contribution in [0.5, 0.6) is 0 Å². The smallest absolute Gasteiger partial charge is 0.0678 e. The molecule has 0 saturated heterocycles. The zero-order valence-corrected chi connectivity index (χ0v) is 13.1. The molecule has 108 valence electrons. The highest BCUT2D eigenvalue weighted by Gasteiger charge is 2.22. The van der Waals surface area contributed by atoms with Gasteiger partial charge in [0, 0.05) is 23.6 Å². The number of H-pyrrole nitrogens is 1. The minimum atomic E-state index is 0.0511. The molecule has 0 aliphatic carbocycles. The number of hydrogen-bond donors (Lipinski definition) is 2. The van der Waals surface area contributed by atoms with Gasteiger partial charge in [-0.25, -0.2) is 0 Å². The maximum Gasteiger partial charge on any atom is 0.0678 e. The average molecular weight is 271 g/mol. The third-order valence-corrected chi connectivity index (χ3v) is 3.79. The molecular weight excluding hydrogens is 246 g/mol. The lowest BCUT2D eigenvalue weighted by atomic mass is 9.88. The summed E-state index contributed by atoms with van der Waals surface area (Å²) in [6, 6.07) is 8.68. The van der Waals surface area contributed by atoms with Crippen LogP contribution in [0.3, 0.4) is 0 Å². The second-order valence-corrected chi connectivity index (χ2v) is 6.61. The molecule has 1 aromatic heterocycles. The fourth-order valence-electron chi connectivity index (χ4n) is 2.46. The summed E-state index contributed by atoms with van der Waals surface area (Å²) in [5, 5.41) is 7.63. The summed E-state index contributed by atoms with van der Waals surface area (Å²) in [5.74, 6) is 0.179. The van der Waals surface area contributed by atoms with Crippen LogP contribution in [-0.2, 0) is 5.41 Å². The summed E-state index contributed by atoms with van der Waals surface area (Å²) < 4.78 is 0. The number of nitrogens with two attached hydrogens (primary N) is 1. The molecule has 0 aliphatic heterocycles. The molecule has 0 fully saturated rings. The fourth-order valence-corrected chi connectivity index (χ4v) is 2.46. The highest BCUT2D eigenvalue weighted by atomic mass is 15.1. The van der Waals surface area contributed by atoms with E-state index in [1.165, 1.54) is 16.7 Å². The Kier molecular flexibility index (Phi) is 4.00. The molecule has 0 bridgehead atoms. The molecule has 2 aromatic rings. The first kappa shape index (κ1) is 14.8. The van der Waals surface area contributed by atoms with E-state index in [1.54, 1.807) is 0 Å². The molecule has 1 atom stereocenters. The number of nitrogens with one attached hydrogen (secondary N) is 1. The molecule has 1 heterocycles. The van der Waals surface area contributed by atoms with Crippen molar-refractivity contribution >= 4 is 0 Å². The van der Waals surface area contributed by atoms with Gasteiger partial charge in [-0.15, -0.1) is 0 Å². The van der Waals surface area contributed by atoms with Crippen molar-refractivity contribution in [1.82, 2.24) is 10.2 Å². The number of hydrogen-bond acceptors (Lipinski definition) is 2. The lowest BCUT2D eigenvalue weighted by molar-refractivity contribution is 0.567. The largest absolute Gasteiger partial charge is 0.329 e. The summed E-state index contributed by atoms with van der Waals surface area (Å²) in [7, 11) is 0. The number of nitrogens with zero attached hydrogens (tertiary/aromatic N) is 1. The zero-order valence-electron chi connectivity index (χ0n) is 13.1. The van der Waals surface area contributed by atoms with Crippen LogP contribution in [0.1, 0.15) is 54.8 Å². The van der Waals surface area contributed by atoms with E-state index in [4.69, 9.17) is 5.73 Å². The van der Waals surface area contributed by atoms with Crippen molar-refractivity contribution < 1.29 is 0 Å². The van der Waals surface area contributed by atoms with E-state index in [1.807, 2.05) is 0 Å². The van der Waals surface area contributed by atoms with Crippen LogP contribution in [0, 0.1) is 13.8 Å². The molecule has 1 aromatic carbocycles. The summed E-state index contributed by atoms with van der Waals surface area (Å²) in [5.41, 5.74) is 12.1. The van der Waals surface area contributed by atoms with Crippen LogP contribution in [0.15, 0.2) is 24.3 Å². The van der Waals surface area contributed by atoms with E-state index in [9.17, 15) is 0 Å². The minimum absolute atomic E-state index is 0.0511. The predicted molar refractivity (Wildman–Crippen MR) is 84.1 cm³/mol. The molecule has 1 unspecified atom stereocenters. The number of aromatic nitrogens is 2. The Balaban J connectivity index is 2.42. The van der Waals surface area contributed by atoms with Gasteiger partial charge in [0.05, 0.1) is 5.69 Å². The van der Waals surface area contributed by atoms with Gasteiger partial charge in [-0.1, -0.05) is 44.5 Å². The van der Waals surface area contributed by atoms with Crippen molar-refractivity contribution in [2.24, 2.45) is 5.73 Å². The SMILES string of the molecule is Cc1ccc(C)c(C(CN)c2cc(C(C)(C)C)n[nH]2)c1. The zero-order chi connectivity index (χ0) is 14.9. The Morgan fingerprint density at radius 2 is 1.90 bits per heavy atom. The van der Waals surface area contributed by atoms with Crippen LogP contribution in [0.4, 0.5) is 0 Å². The number of benzene rings is 1. The lowest BCUT2D eigenvalue weighted by Crippen LogP contribution is -2.15. The van der Waals surface area contributed by atoms with E-state index >= 15 is 0 Å². The molecule has 3 heteroatoms. The molecule has 2 rings (SSSR count). The van der Waals surface area contributed by atoms with Crippen LogP contribution in [-0.4, -0.2) is 16.7 Å². The molecule has 3 N–H and O–H groups in total. The van der Waals surface area contributed by atoms with Crippen molar-refractivity contribution in [2.75, 3.05) is 6.54 Å². The van der Waals surface area contributed by atoms with E-state index < -0.39 is 0 Å². The number of rotatable bonds is 3. The topological polar surface area (TPSA) is 54.7 Å². The van der Waals surface area contributed by atoms with Crippen molar-refractivity contribution in [3.8, 4) is 0 Å². The maximum absolute atomic E-state index is 6.03. The predicted octanol–water partition coefficient (Wildman–Crippen LogP) is 3.41. The summed E-state index contributed by atoms with van der Waals surface area (Å²) in [6.45, 7) is 11.3. The molecule has 0 saturated carbocycles. The highest BCUT2D eigenvalue weighted by Crippen LogP contribution is 2.29. The first-order valence-electron chi connectivity index (χ1n) is 7.16. The normalized spacial score (nSPS) is 13.5.